The normalized spacial score (nSPS) is 16.9. The molecule has 0 saturated carbocycles. The molecule has 0 aromatic rings. The third-order valence-corrected chi connectivity index (χ3v) is 1.10. The molecular formula is C8H18O3. The Morgan fingerprint density at radius 1 is 1.36 bits per heavy atom. The van der Waals surface area contributed by atoms with Crippen LogP contribution in [0.3, 0.4) is 0 Å². The standard InChI is InChI=1S/C8H18O3/c1-5-10-8(4,9)11-6-7(2)3/h7,9H,5-6H2,1-4H3. The number of hydrogen-bond acceptors (Lipinski definition) is 3. The molecule has 1 atom stereocenters. The lowest BCUT2D eigenvalue weighted by Crippen LogP contribution is -2.33. The molecule has 0 saturated heterocycles. The van der Waals surface area contributed by atoms with Gasteiger partial charge in [-0.15, -0.1) is 0 Å². The van der Waals surface area contributed by atoms with Crippen LogP contribution >= 0.6 is 0 Å². The van der Waals surface area contributed by atoms with Gasteiger partial charge in [-0.25, -0.2) is 0 Å². The summed E-state index contributed by atoms with van der Waals surface area (Å²) >= 11 is 0. The van der Waals surface area contributed by atoms with Gasteiger partial charge in [0.2, 0.25) is 0 Å². The lowest BCUT2D eigenvalue weighted by Gasteiger charge is -2.23. The van der Waals surface area contributed by atoms with Crippen molar-refractivity contribution in [1.29, 1.82) is 0 Å². The van der Waals surface area contributed by atoms with Crippen LogP contribution in [0.4, 0.5) is 0 Å². The summed E-state index contributed by atoms with van der Waals surface area (Å²) in [6, 6.07) is 0. The molecule has 0 aliphatic rings. The third kappa shape index (κ3) is 6.28. The molecule has 0 aromatic heterocycles. The Bertz CT molecular complexity index is 99.5. The highest BCUT2D eigenvalue weighted by atomic mass is 16.8. The van der Waals surface area contributed by atoms with E-state index >= 15 is 0 Å². The average Bonchev–Trinajstić information content (AvgIpc) is 1.84. The van der Waals surface area contributed by atoms with Crippen LogP contribution in [0.15, 0.2) is 0 Å². The van der Waals surface area contributed by atoms with E-state index in [2.05, 4.69) is 0 Å². The van der Waals surface area contributed by atoms with E-state index in [1.807, 2.05) is 20.8 Å². The van der Waals surface area contributed by atoms with Crippen LogP contribution in [0.1, 0.15) is 27.7 Å². The molecular weight excluding hydrogens is 144 g/mol. The molecule has 0 radical (unpaired) electrons. The second-order valence-electron chi connectivity index (χ2n) is 3.04. The first kappa shape index (κ1) is 10.9. The van der Waals surface area contributed by atoms with Crippen molar-refractivity contribution in [3.05, 3.63) is 0 Å². The van der Waals surface area contributed by atoms with Gasteiger partial charge < -0.3 is 14.6 Å². The molecule has 1 N–H and O–H groups in total. The Morgan fingerprint density at radius 3 is 2.27 bits per heavy atom. The lowest BCUT2D eigenvalue weighted by atomic mass is 10.2. The minimum Gasteiger partial charge on any atom is -0.344 e. The van der Waals surface area contributed by atoms with Crippen molar-refractivity contribution in [1.82, 2.24) is 0 Å². The topological polar surface area (TPSA) is 38.7 Å². The van der Waals surface area contributed by atoms with Crippen LogP contribution in [0.25, 0.3) is 0 Å². The highest BCUT2D eigenvalue weighted by Gasteiger charge is 2.20. The fraction of sp³-hybridized carbons (Fsp3) is 1.00. The van der Waals surface area contributed by atoms with E-state index < -0.39 is 5.97 Å². The predicted octanol–water partition coefficient (Wildman–Crippen LogP) is 1.36. The zero-order valence-corrected chi connectivity index (χ0v) is 7.76. The molecule has 3 heteroatoms. The second kappa shape index (κ2) is 4.70. The maximum atomic E-state index is 9.32. The van der Waals surface area contributed by atoms with E-state index in [4.69, 9.17) is 9.47 Å². The lowest BCUT2D eigenvalue weighted by molar-refractivity contribution is -0.349. The zero-order chi connectivity index (χ0) is 8.91. The Hall–Kier alpha value is -0.120. The molecule has 3 nitrogen and oxygen atoms in total. The summed E-state index contributed by atoms with van der Waals surface area (Å²) in [5.74, 6) is -1.01. The smallest absolute Gasteiger partial charge is 0.277 e. The van der Waals surface area contributed by atoms with Crippen LogP contribution in [0.2, 0.25) is 0 Å². The summed E-state index contributed by atoms with van der Waals surface area (Å²) in [6.45, 7) is 8.30. The second-order valence-corrected chi connectivity index (χ2v) is 3.04. The van der Waals surface area contributed by atoms with Crippen molar-refractivity contribution in [2.45, 2.75) is 33.7 Å². The number of hydrogen-bond donors (Lipinski definition) is 1. The first-order chi connectivity index (χ1) is 4.98. The SMILES string of the molecule is CCOC(C)(O)OCC(C)C. The summed E-state index contributed by atoms with van der Waals surface area (Å²) in [6.07, 6.45) is 0. The van der Waals surface area contributed by atoms with Crippen LogP contribution in [0, 0.1) is 5.92 Å². The van der Waals surface area contributed by atoms with Gasteiger partial charge in [-0.2, -0.15) is 0 Å². The Labute approximate surface area is 68.3 Å². The highest BCUT2D eigenvalue weighted by Crippen LogP contribution is 2.09. The molecule has 0 aliphatic heterocycles. The van der Waals surface area contributed by atoms with Gasteiger partial charge in [0.25, 0.3) is 5.97 Å². The molecule has 0 heterocycles. The maximum Gasteiger partial charge on any atom is 0.277 e. The van der Waals surface area contributed by atoms with Crippen LogP contribution in [-0.4, -0.2) is 24.3 Å². The van der Waals surface area contributed by atoms with Crippen molar-refractivity contribution < 1.29 is 14.6 Å². The first-order valence-corrected chi connectivity index (χ1v) is 3.98. The molecule has 68 valence electrons. The van der Waals surface area contributed by atoms with Crippen LogP contribution in [0.5, 0.6) is 0 Å². The summed E-state index contributed by atoms with van der Waals surface area (Å²) < 4.78 is 9.98. The zero-order valence-electron chi connectivity index (χ0n) is 7.76. The van der Waals surface area contributed by atoms with Gasteiger partial charge in [0.1, 0.15) is 0 Å². The van der Waals surface area contributed by atoms with Crippen molar-refractivity contribution in [3.63, 3.8) is 0 Å². The molecule has 0 spiro atoms. The Balaban J connectivity index is 3.54. The van der Waals surface area contributed by atoms with Gasteiger partial charge in [-0.3, -0.25) is 0 Å². The first-order valence-electron chi connectivity index (χ1n) is 3.98. The molecule has 0 aliphatic carbocycles. The van der Waals surface area contributed by atoms with E-state index in [9.17, 15) is 5.11 Å². The number of aliphatic hydroxyl groups is 1. The van der Waals surface area contributed by atoms with E-state index in [0.29, 0.717) is 19.1 Å². The minimum absolute atomic E-state index is 0.405. The summed E-state index contributed by atoms with van der Waals surface area (Å²) in [7, 11) is 0. The molecule has 0 fully saturated rings. The van der Waals surface area contributed by atoms with Crippen molar-refractivity contribution in [3.8, 4) is 0 Å². The van der Waals surface area contributed by atoms with Gasteiger partial charge in [0.15, 0.2) is 0 Å². The van der Waals surface area contributed by atoms with Crippen molar-refractivity contribution in [2.24, 2.45) is 5.92 Å². The van der Waals surface area contributed by atoms with E-state index in [-0.39, 0.29) is 0 Å². The van der Waals surface area contributed by atoms with Crippen molar-refractivity contribution >= 4 is 0 Å². The average molecular weight is 162 g/mol. The molecule has 0 aromatic carbocycles. The summed E-state index contributed by atoms with van der Waals surface area (Å²) in [5.41, 5.74) is 0. The third-order valence-electron chi connectivity index (χ3n) is 1.10. The van der Waals surface area contributed by atoms with E-state index in [1.165, 1.54) is 6.92 Å². The minimum atomic E-state index is -1.42. The summed E-state index contributed by atoms with van der Waals surface area (Å²) in [4.78, 5) is 0. The number of ether oxygens (including phenoxy) is 2. The van der Waals surface area contributed by atoms with Gasteiger partial charge in [-0.05, 0) is 12.8 Å². The molecule has 0 rings (SSSR count). The quantitative estimate of drug-likeness (QED) is 0.620. The van der Waals surface area contributed by atoms with E-state index in [0.717, 1.165) is 0 Å². The number of rotatable bonds is 5. The van der Waals surface area contributed by atoms with Gasteiger partial charge in [0, 0.05) is 13.5 Å². The van der Waals surface area contributed by atoms with E-state index in [1.54, 1.807) is 0 Å². The van der Waals surface area contributed by atoms with Gasteiger partial charge in [0.05, 0.1) is 6.61 Å². The monoisotopic (exact) mass is 162 g/mol. The van der Waals surface area contributed by atoms with Crippen molar-refractivity contribution in [2.75, 3.05) is 13.2 Å². The van der Waals surface area contributed by atoms with Gasteiger partial charge >= 0.3 is 0 Å². The molecule has 0 bridgehead atoms. The Morgan fingerprint density at radius 2 is 1.91 bits per heavy atom. The Kier molecular flexibility index (Phi) is 4.65. The van der Waals surface area contributed by atoms with Crippen LogP contribution < -0.4 is 0 Å². The fourth-order valence-electron chi connectivity index (χ4n) is 0.631. The predicted molar refractivity (Wildman–Crippen MR) is 43.0 cm³/mol. The maximum absolute atomic E-state index is 9.32. The molecule has 0 amide bonds. The molecule has 11 heavy (non-hydrogen) atoms. The largest absolute Gasteiger partial charge is 0.344 e. The molecule has 1 unspecified atom stereocenters. The summed E-state index contributed by atoms with van der Waals surface area (Å²) in [5, 5.41) is 9.32. The highest BCUT2D eigenvalue weighted by molar-refractivity contribution is 4.45. The van der Waals surface area contributed by atoms with Gasteiger partial charge in [-0.1, -0.05) is 13.8 Å². The fourth-order valence-corrected chi connectivity index (χ4v) is 0.631. The van der Waals surface area contributed by atoms with Crippen LogP contribution in [-0.2, 0) is 9.47 Å².